The number of aromatic amines is 1. The van der Waals surface area contributed by atoms with Gasteiger partial charge in [0.2, 0.25) is 0 Å². The predicted molar refractivity (Wildman–Crippen MR) is 89.6 cm³/mol. The summed E-state index contributed by atoms with van der Waals surface area (Å²) >= 11 is 0. The number of ether oxygens (including phenoxy) is 1. The molecule has 0 aliphatic rings. The van der Waals surface area contributed by atoms with Crippen molar-refractivity contribution in [1.29, 1.82) is 0 Å². The fourth-order valence-corrected chi connectivity index (χ4v) is 2.42. The maximum absolute atomic E-state index is 13.5. The Bertz CT molecular complexity index is 891. The molecule has 0 saturated heterocycles. The van der Waals surface area contributed by atoms with Crippen LogP contribution in [0.4, 0.5) is 14.9 Å². The topological polar surface area (TPSA) is 79.0 Å². The van der Waals surface area contributed by atoms with Crippen molar-refractivity contribution < 1.29 is 13.9 Å². The van der Waals surface area contributed by atoms with Crippen LogP contribution in [-0.2, 0) is 6.54 Å². The molecule has 3 rings (SSSR count). The second-order valence-electron chi connectivity index (χ2n) is 5.32. The van der Waals surface area contributed by atoms with Crippen molar-refractivity contribution in [2.45, 2.75) is 13.5 Å². The van der Waals surface area contributed by atoms with Gasteiger partial charge in [0.1, 0.15) is 11.6 Å². The molecule has 1 aromatic heterocycles. The molecular weight excluding hydrogens is 311 g/mol. The van der Waals surface area contributed by atoms with Crippen molar-refractivity contribution in [1.82, 2.24) is 15.3 Å². The van der Waals surface area contributed by atoms with E-state index in [2.05, 4.69) is 20.6 Å². The third-order valence-electron chi connectivity index (χ3n) is 3.73. The first-order valence-corrected chi connectivity index (χ1v) is 7.38. The maximum Gasteiger partial charge on any atom is 0.319 e. The van der Waals surface area contributed by atoms with E-state index >= 15 is 0 Å². The molecule has 2 amide bonds. The molecule has 7 heteroatoms. The Kier molecular flexibility index (Phi) is 4.33. The molecule has 3 aromatic rings. The average molecular weight is 328 g/mol. The zero-order chi connectivity index (χ0) is 17.1. The van der Waals surface area contributed by atoms with E-state index in [1.165, 1.54) is 6.07 Å². The lowest BCUT2D eigenvalue weighted by molar-refractivity contribution is 0.251. The van der Waals surface area contributed by atoms with Gasteiger partial charge in [0, 0.05) is 11.3 Å². The van der Waals surface area contributed by atoms with E-state index in [1.54, 1.807) is 32.5 Å². The van der Waals surface area contributed by atoms with Crippen molar-refractivity contribution in [3.63, 3.8) is 0 Å². The molecule has 2 aromatic carbocycles. The number of aromatic nitrogens is 2. The van der Waals surface area contributed by atoms with Crippen LogP contribution in [0, 0.1) is 12.7 Å². The fraction of sp³-hybridized carbons (Fsp3) is 0.176. The molecule has 6 nitrogen and oxygen atoms in total. The van der Waals surface area contributed by atoms with Crippen LogP contribution in [0.25, 0.3) is 11.0 Å². The standard InChI is InChI=1S/C17H17FN4O2/c1-10-3-4-11(7-13(10)18)22-17(23)19-8-12-15(24-2)6-5-14-16(12)21-9-20-14/h3-7,9H,8H2,1-2H3,(H,20,21)(H2,19,22,23). The number of aryl methyl sites for hydroxylation is 1. The molecule has 3 N–H and O–H groups in total. The Hall–Kier alpha value is -3.09. The number of benzene rings is 2. The largest absolute Gasteiger partial charge is 0.496 e. The van der Waals surface area contributed by atoms with E-state index in [0.29, 0.717) is 17.0 Å². The highest BCUT2D eigenvalue weighted by atomic mass is 19.1. The monoisotopic (exact) mass is 328 g/mol. The van der Waals surface area contributed by atoms with Crippen molar-refractivity contribution >= 4 is 22.8 Å². The molecule has 24 heavy (non-hydrogen) atoms. The number of carbonyl (C=O) groups excluding carboxylic acids is 1. The smallest absolute Gasteiger partial charge is 0.319 e. The van der Waals surface area contributed by atoms with E-state index in [4.69, 9.17) is 4.74 Å². The Morgan fingerprint density at radius 2 is 2.17 bits per heavy atom. The first-order chi connectivity index (χ1) is 11.6. The number of nitrogens with one attached hydrogen (secondary N) is 3. The summed E-state index contributed by atoms with van der Waals surface area (Å²) < 4.78 is 18.8. The number of amides is 2. The van der Waals surface area contributed by atoms with E-state index in [1.807, 2.05) is 12.1 Å². The van der Waals surface area contributed by atoms with E-state index in [-0.39, 0.29) is 12.4 Å². The maximum atomic E-state index is 13.5. The Morgan fingerprint density at radius 3 is 2.92 bits per heavy atom. The number of carbonyl (C=O) groups is 1. The molecule has 0 radical (unpaired) electrons. The second kappa shape index (κ2) is 6.57. The average Bonchev–Trinajstić information content (AvgIpc) is 3.04. The summed E-state index contributed by atoms with van der Waals surface area (Å²) in [6.45, 7) is 1.89. The summed E-state index contributed by atoms with van der Waals surface area (Å²) in [4.78, 5) is 19.3. The zero-order valence-corrected chi connectivity index (χ0v) is 13.3. The predicted octanol–water partition coefficient (Wildman–Crippen LogP) is 3.34. The lowest BCUT2D eigenvalue weighted by Gasteiger charge is -2.11. The Balaban J connectivity index is 1.72. The molecule has 0 atom stereocenters. The van der Waals surface area contributed by atoms with Crippen molar-refractivity contribution in [2.75, 3.05) is 12.4 Å². The molecule has 0 aliphatic heterocycles. The number of urea groups is 1. The second-order valence-corrected chi connectivity index (χ2v) is 5.32. The number of fused-ring (bicyclic) bond motifs is 1. The van der Waals surface area contributed by atoms with Gasteiger partial charge in [-0.15, -0.1) is 0 Å². The molecule has 0 spiro atoms. The van der Waals surface area contributed by atoms with Crippen LogP contribution in [0.5, 0.6) is 5.75 Å². The highest BCUT2D eigenvalue weighted by Crippen LogP contribution is 2.25. The summed E-state index contributed by atoms with van der Waals surface area (Å²) in [7, 11) is 1.56. The van der Waals surface area contributed by atoms with Gasteiger partial charge in [0.05, 0.1) is 31.0 Å². The van der Waals surface area contributed by atoms with Gasteiger partial charge in [0.15, 0.2) is 0 Å². The summed E-state index contributed by atoms with van der Waals surface area (Å²) in [6, 6.07) is 7.77. The first-order valence-electron chi connectivity index (χ1n) is 7.38. The molecule has 1 heterocycles. The quantitative estimate of drug-likeness (QED) is 0.687. The van der Waals surface area contributed by atoms with Crippen LogP contribution >= 0.6 is 0 Å². The number of imidazole rings is 1. The summed E-state index contributed by atoms with van der Waals surface area (Å²) in [5, 5.41) is 5.33. The van der Waals surface area contributed by atoms with Crippen LogP contribution in [-0.4, -0.2) is 23.1 Å². The number of hydrogen-bond acceptors (Lipinski definition) is 3. The number of rotatable bonds is 4. The van der Waals surface area contributed by atoms with Crippen LogP contribution in [0.3, 0.4) is 0 Å². The van der Waals surface area contributed by atoms with Crippen LogP contribution in [0.15, 0.2) is 36.7 Å². The first kappa shape index (κ1) is 15.8. The third-order valence-corrected chi connectivity index (χ3v) is 3.73. The highest BCUT2D eigenvalue weighted by Gasteiger charge is 2.12. The normalized spacial score (nSPS) is 10.6. The van der Waals surface area contributed by atoms with Gasteiger partial charge in [-0.3, -0.25) is 0 Å². The molecule has 0 unspecified atom stereocenters. The fourth-order valence-electron chi connectivity index (χ4n) is 2.42. The SMILES string of the molecule is COc1ccc2[nH]cnc2c1CNC(=O)Nc1ccc(C)c(F)c1. The van der Waals surface area contributed by atoms with Gasteiger partial charge in [-0.1, -0.05) is 6.07 Å². The lowest BCUT2D eigenvalue weighted by Crippen LogP contribution is -2.28. The molecular formula is C17H17FN4O2. The minimum atomic E-state index is -0.437. The van der Waals surface area contributed by atoms with Crippen molar-refractivity contribution in [2.24, 2.45) is 0 Å². The highest BCUT2D eigenvalue weighted by molar-refractivity contribution is 5.90. The summed E-state index contributed by atoms with van der Waals surface area (Å²) in [6.07, 6.45) is 1.59. The van der Waals surface area contributed by atoms with Gasteiger partial charge < -0.3 is 20.4 Å². The zero-order valence-electron chi connectivity index (χ0n) is 13.3. The van der Waals surface area contributed by atoms with Gasteiger partial charge in [-0.25, -0.2) is 14.2 Å². The summed E-state index contributed by atoms with van der Waals surface area (Å²) in [5.74, 6) is 0.270. The van der Waals surface area contributed by atoms with Crippen LogP contribution in [0.1, 0.15) is 11.1 Å². The number of methoxy groups -OCH3 is 1. The Morgan fingerprint density at radius 1 is 1.33 bits per heavy atom. The van der Waals surface area contributed by atoms with Crippen LogP contribution in [0.2, 0.25) is 0 Å². The van der Waals surface area contributed by atoms with Gasteiger partial charge >= 0.3 is 6.03 Å². The molecule has 0 saturated carbocycles. The lowest BCUT2D eigenvalue weighted by atomic mass is 10.1. The van der Waals surface area contributed by atoms with Crippen molar-refractivity contribution in [3.8, 4) is 5.75 Å². The minimum absolute atomic E-state index is 0.228. The number of nitrogens with zero attached hydrogens (tertiary/aromatic N) is 1. The van der Waals surface area contributed by atoms with E-state index in [9.17, 15) is 9.18 Å². The van der Waals surface area contributed by atoms with Gasteiger partial charge in [-0.2, -0.15) is 0 Å². The number of H-pyrrole nitrogens is 1. The van der Waals surface area contributed by atoms with Gasteiger partial charge in [0.25, 0.3) is 0 Å². The molecule has 0 aliphatic carbocycles. The molecule has 124 valence electrons. The van der Waals surface area contributed by atoms with E-state index in [0.717, 1.165) is 16.6 Å². The molecule has 0 fully saturated rings. The minimum Gasteiger partial charge on any atom is -0.496 e. The third kappa shape index (κ3) is 3.15. The number of hydrogen-bond donors (Lipinski definition) is 3. The van der Waals surface area contributed by atoms with E-state index < -0.39 is 6.03 Å². The van der Waals surface area contributed by atoms with Crippen LogP contribution < -0.4 is 15.4 Å². The van der Waals surface area contributed by atoms with Crippen molar-refractivity contribution in [3.05, 3.63) is 53.6 Å². The number of halogens is 1. The van der Waals surface area contributed by atoms with Gasteiger partial charge in [-0.05, 0) is 36.8 Å². The summed E-state index contributed by atoms with van der Waals surface area (Å²) in [5.41, 5.74) is 3.27. The number of anilines is 1. The molecule has 0 bridgehead atoms. The Labute approximate surface area is 138 Å².